The van der Waals surface area contributed by atoms with E-state index in [1.165, 1.54) is 0 Å². The van der Waals surface area contributed by atoms with Crippen LogP contribution >= 0.6 is 0 Å². The SMILES string of the molecule is Cc1ccc(OCCNC(C)C)c(C#N)c1. The first-order valence-corrected chi connectivity index (χ1v) is 5.50. The molecule has 0 radical (unpaired) electrons. The summed E-state index contributed by atoms with van der Waals surface area (Å²) < 4.78 is 5.55. The lowest BCUT2D eigenvalue weighted by atomic mass is 10.1. The summed E-state index contributed by atoms with van der Waals surface area (Å²) in [6.07, 6.45) is 0. The third kappa shape index (κ3) is 3.92. The van der Waals surface area contributed by atoms with Gasteiger partial charge in [0.05, 0.1) is 5.56 Å². The molecule has 0 fully saturated rings. The molecule has 1 rings (SSSR count). The zero-order valence-corrected chi connectivity index (χ0v) is 10.1. The first kappa shape index (κ1) is 12.5. The summed E-state index contributed by atoms with van der Waals surface area (Å²) in [5.41, 5.74) is 1.67. The second-order valence-electron chi connectivity index (χ2n) is 4.07. The van der Waals surface area contributed by atoms with E-state index in [-0.39, 0.29) is 0 Å². The monoisotopic (exact) mass is 218 g/mol. The summed E-state index contributed by atoms with van der Waals surface area (Å²) in [4.78, 5) is 0. The van der Waals surface area contributed by atoms with Crippen LogP contribution in [-0.4, -0.2) is 19.2 Å². The van der Waals surface area contributed by atoms with E-state index in [1.54, 1.807) is 0 Å². The molecule has 1 aromatic rings. The Balaban J connectivity index is 2.51. The summed E-state index contributed by atoms with van der Waals surface area (Å²) in [7, 11) is 0. The Morgan fingerprint density at radius 2 is 2.19 bits per heavy atom. The van der Waals surface area contributed by atoms with E-state index in [0.717, 1.165) is 12.1 Å². The van der Waals surface area contributed by atoms with Crippen molar-refractivity contribution in [1.82, 2.24) is 5.32 Å². The minimum Gasteiger partial charge on any atom is -0.491 e. The zero-order chi connectivity index (χ0) is 12.0. The summed E-state index contributed by atoms with van der Waals surface area (Å²) in [5, 5.41) is 12.2. The molecular weight excluding hydrogens is 200 g/mol. The van der Waals surface area contributed by atoms with Crippen molar-refractivity contribution in [1.29, 1.82) is 5.26 Å². The summed E-state index contributed by atoms with van der Waals surface area (Å²) in [6, 6.07) is 8.24. The Bertz CT molecular complexity index is 380. The fraction of sp³-hybridized carbons (Fsp3) is 0.462. The molecule has 16 heavy (non-hydrogen) atoms. The van der Waals surface area contributed by atoms with E-state index in [2.05, 4.69) is 25.2 Å². The van der Waals surface area contributed by atoms with Crippen molar-refractivity contribution in [3.05, 3.63) is 29.3 Å². The predicted octanol–water partition coefficient (Wildman–Crippen LogP) is 2.24. The topological polar surface area (TPSA) is 45.0 Å². The first-order valence-electron chi connectivity index (χ1n) is 5.50. The van der Waals surface area contributed by atoms with Gasteiger partial charge >= 0.3 is 0 Å². The van der Waals surface area contributed by atoms with Crippen LogP contribution in [0.5, 0.6) is 5.75 Å². The molecular formula is C13H18N2O. The molecule has 0 bridgehead atoms. The molecule has 0 aliphatic carbocycles. The van der Waals surface area contributed by atoms with Crippen molar-refractivity contribution in [2.45, 2.75) is 26.8 Å². The highest BCUT2D eigenvalue weighted by atomic mass is 16.5. The number of hydrogen-bond donors (Lipinski definition) is 1. The van der Waals surface area contributed by atoms with E-state index in [4.69, 9.17) is 10.00 Å². The van der Waals surface area contributed by atoms with Gasteiger partial charge in [-0.2, -0.15) is 5.26 Å². The molecule has 1 aromatic carbocycles. The van der Waals surface area contributed by atoms with Crippen LogP contribution in [0.4, 0.5) is 0 Å². The Morgan fingerprint density at radius 1 is 1.44 bits per heavy atom. The fourth-order valence-corrected chi connectivity index (χ4v) is 1.37. The highest BCUT2D eigenvalue weighted by molar-refractivity contribution is 5.45. The summed E-state index contributed by atoms with van der Waals surface area (Å²) >= 11 is 0. The summed E-state index contributed by atoms with van der Waals surface area (Å²) in [6.45, 7) is 7.51. The van der Waals surface area contributed by atoms with Gasteiger partial charge in [-0.05, 0) is 24.6 Å². The zero-order valence-electron chi connectivity index (χ0n) is 10.1. The second kappa shape index (κ2) is 6.14. The molecule has 0 heterocycles. The summed E-state index contributed by atoms with van der Waals surface area (Å²) in [5.74, 6) is 0.665. The van der Waals surface area contributed by atoms with Crippen LogP contribution in [0, 0.1) is 18.3 Å². The van der Waals surface area contributed by atoms with Gasteiger partial charge in [-0.3, -0.25) is 0 Å². The van der Waals surface area contributed by atoms with Crippen molar-refractivity contribution in [2.75, 3.05) is 13.2 Å². The molecule has 0 amide bonds. The maximum absolute atomic E-state index is 8.94. The fourth-order valence-electron chi connectivity index (χ4n) is 1.37. The van der Waals surface area contributed by atoms with E-state index >= 15 is 0 Å². The third-order valence-electron chi connectivity index (χ3n) is 2.17. The van der Waals surface area contributed by atoms with Crippen LogP contribution in [0.25, 0.3) is 0 Å². The van der Waals surface area contributed by atoms with E-state index in [1.807, 2.05) is 25.1 Å². The maximum Gasteiger partial charge on any atom is 0.137 e. The lowest BCUT2D eigenvalue weighted by molar-refractivity contribution is 0.308. The Labute approximate surface area is 97.0 Å². The Morgan fingerprint density at radius 3 is 2.81 bits per heavy atom. The molecule has 0 aromatic heterocycles. The van der Waals surface area contributed by atoms with Crippen LogP contribution in [0.1, 0.15) is 25.0 Å². The Hall–Kier alpha value is -1.53. The van der Waals surface area contributed by atoms with Gasteiger partial charge in [-0.15, -0.1) is 0 Å². The number of ether oxygens (including phenoxy) is 1. The minimum atomic E-state index is 0.456. The standard InChI is InChI=1S/C13H18N2O/c1-10(2)15-6-7-16-13-5-4-11(3)8-12(13)9-14/h4-5,8,10,15H,6-7H2,1-3H3. The third-order valence-corrected chi connectivity index (χ3v) is 2.17. The molecule has 0 unspecified atom stereocenters. The lowest BCUT2D eigenvalue weighted by Crippen LogP contribution is -2.27. The number of rotatable bonds is 5. The van der Waals surface area contributed by atoms with E-state index in [0.29, 0.717) is 24.0 Å². The number of hydrogen-bond acceptors (Lipinski definition) is 3. The number of benzene rings is 1. The van der Waals surface area contributed by atoms with Gasteiger partial charge in [0.2, 0.25) is 0 Å². The Kier molecular flexibility index (Phi) is 4.81. The lowest BCUT2D eigenvalue weighted by Gasteiger charge is -2.10. The highest BCUT2D eigenvalue weighted by Crippen LogP contribution is 2.18. The number of aryl methyl sites for hydroxylation is 1. The van der Waals surface area contributed by atoms with Crippen LogP contribution in [0.2, 0.25) is 0 Å². The van der Waals surface area contributed by atoms with Crippen LogP contribution in [-0.2, 0) is 0 Å². The van der Waals surface area contributed by atoms with Crippen molar-refractivity contribution in [3.8, 4) is 11.8 Å². The van der Waals surface area contributed by atoms with Gasteiger partial charge in [0.1, 0.15) is 18.4 Å². The maximum atomic E-state index is 8.94. The van der Waals surface area contributed by atoms with Gasteiger partial charge in [0.15, 0.2) is 0 Å². The van der Waals surface area contributed by atoms with E-state index in [9.17, 15) is 0 Å². The molecule has 0 saturated carbocycles. The number of nitriles is 1. The number of nitrogens with one attached hydrogen (secondary N) is 1. The molecule has 0 aliphatic rings. The average molecular weight is 218 g/mol. The molecule has 3 heteroatoms. The average Bonchev–Trinajstić information content (AvgIpc) is 2.25. The molecule has 0 saturated heterocycles. The highest BCUT2D eigenvalue weighted by Gasteiger charge is 2.02. The van der Waals surface area contributed by atoms with E-state index < -0.39 is 0 Å². The van der Waals surface area contributed by atoms with Crippen LogP contribution < -0.4 is 10.1 Å². The smallest absolute Gasteiger partial charge is 0.137 e. The van der Waals surface area contributed by atoms with Crippen molar-refractivity contribution in [3.63, 3.8) is 0 Å². The van der Waals surface area contributed by atoms with Crippen molar-refractivity contribution >= 4 is 0 Å². The van der Waals surface area contributed by atoms with Crippen LogP contribution in [0.3, 0.4) is 0 Å². The quantitative estimate of drug-likeness (QED) is 0.771. The van der Waals surface area contributed by atoms with Gasteiger partial charge in [-0.25, -0.2) is 0 Å². The second-order valence-corrected chi connectivity index (χ2v) is 4.07. The van der Waals surface area contributed by atoms with Crippen molar-refractivity contribution in [2.24, 2.45) is 0 Å². The van der Waals surface area contributed by atoms with Gasteiger partial charge in [-0.1, -0.05) is 19.9 Å². The molecule has 86 valence electrons. The minimum absolute atomic E-state index is 0.456. The largest absolute Gasteiger partial charge is 0.491 e. The first-order chi connectivity index (χ1) is 7.63. The molecule has 1 N–H and O–H groups in total. The molecule has 3 nitrogen and oxygen atoms in total. The van der Waals surface area contributed by atoms with Gasteiger partial charge < -0.3 is 10.1 Å². The molecule has 0 atom stereocenters. The normalized spacial score (nSPS) is 10.2. The van der Waals surface area contributed by atoms with Crippen LogP contribution in [0.15, 0.2) is 18.2 Å². The van der Waals surface area contributed by atoms with Gasteiger partial charge in [0, 0.05) is 12.6 Å². The predicted molar refractivity (Wildman–Crippen MR) is 64.5 cm³/mol. The van der Waals surface area contributed by atoms with Crippen molar-refractivity contribution < 1.29 is 4.74 Å². The van der Waals surface area contributed by atoms with Gasteiger partial charge in [0.25, 0.3) is 0 Å². The molecule has 0 spiro atoms. The molecule has 0 aliphatic heterocycles. The number of nitrogens with zero attached hydrogens (tertiary/aromatic N) is 1.